The van der Waals surface area contributed by atoms with Gasteiger partial charge in [-0.05, 0) is 30.2 Å². The van der Waals surface area contributed by atoms with E-state index in [1.165, 1.54) is 4.68 Å². The molecule has 1 fully saturated rings. The molecule has 2 atom stereocenters. The summed E-state index contributed by atoms with van der Waals surface area (Å²) < 4.78 is 6.71. The number of hydrogen-bond acceptors (Lipinski definition) is 5. The molecule has 0 aliphatic carbocycles. The first-order valence-electron chi connectivity index (χ1n) is 5.28. The first-order valence-corrected chi connectivity index (χ1v) is 5.28. The topological polar surface area (TPSA) is 90.1 Å². The number of aliphatic carboxylic acids is 1. The van der Waals surface area contributed by atoms with Gasteiger partial charge in [0.25, 0.3) is 0 Å². The zero-order valence-electron chi connectivity index (χ0n) is 9.04. The first-order chi connectivity index (χ1) is 7.70. The van der Waals surface area contributed by atoms with Crippen LogP contribution in [0.4, 0.5) is 0 Å². The third-order valence-electron chi connectivity index (χ3n) is 2.77. The van der Waals surface area contributed by atoms with Crippen molar-refractivity contribution in [2.75, 3.05) is 13.2 Å². The van der Waals surface area contributed by atoms with Crippen LogP contribution in [0.5, 0.6) is 0 Å². The van der Waals surface area contributed by atoms with Crippen LogP contribution in [0.25, 0.3) is 0 Å². The Morgan fingerprint density at radius 2 is 2.50 bits per heavy atom. The van der Waals surface area contributed by atoms with Gasteiger partial charge in [0.2, 0.25) is 0 Å². The molecule has 2 unspecified atom stereocenters. The van der Waals surface area contributed by atoms with Gasteiger partial charge in [-0.2, -0.15) is 0 Å². The third-order valence-corrected chi connectivity index (χ3v) is 2.77. The Balaban J connectivity index is 2.20. The molecule has 1 aromatic rings. The van der Waals surface area contributed by atoms with Crippen LogP contribution in [0, 0.1) is 0 Å². The zero-order valence-corrected chi connectivity index (χ0v) is 9.04. The van der Waals surface area contributed by atoms with E-state index < -0.39 is 12.0 Å². The molecule has 0 bridgehead atoms. The highest BCUT2D eigenvalue weighted by Gasteiger charge is 2.26. The number of aromatic nitrogens is 4. The van der Waals surface area contributed by atoms with Gasteiger partial charge < -0.3 is 9.84 Å². The van der Waals surface area contributed by atoms with E-state index in [-0.39, 0.29) is 5.92 Å². The van der Waals surface area contributed by atoms with Gasteiger partial charge >= 0.3 is 5.97 Å². The molecular formula is C9H14N4O3. The van der Waals surface area contributed by atoms with Gasteiger partial charge in [0.05, 0.1) is 6.61 Å². The molecule has 0 spiro atoms. The van der Waals surface area contributed by atoms with Gasteiger partial charge in [-0.15, -0.1) is 5.10 Å². The second kappa shape index (κ2) is 4.56. The number of carbonyl (C=O) groups is 1. The Bertz CT molecular complexity index is 373. The molecule has 1 N–H and O–H groups in total. The van der Waals surface area contributed by atoms with Crippen molar-refractivity contribution >= 4 is 5.97 Å². The maximum Gasteiger partial charge on any atom is 0.328 e. The summed E-state index contributed by atoms with van der Waals surface area (Å²) in [6.45, 7) is 2.88. The number of ether oxygens (including phenoxy) is 1. The molecule has 1 aliphatic heterocycles. The molecule has 0 radical (unpaired) electrons. The highest BCUT2D eigenvalue weighted by molar-refractivity contribution is 5.71. The number of carboxylic acid groups (broad SMARTS) is 1. The van der Waals surface area contributed by atoms with Crippen molar-refractivity contribution in [1.82, 2.24) is 20.2 Å². The van der Waals surface area contributed by atoms with E-state index in [2.05, 4.69) is 15.5 Å². The van der Waals surface area contributed by atoms with Gasteiger partial charge in [0.1, 0.15) is 6.04 Å². The van der Waals surface area contributed by atoms with Crippen LogP contribution in [0.1, 0.15) is 37.5 Å². The monoisotopic (exact) mass is 226 g/mol. The summed E-state index contributed by atoms with van der Waals surface area (Å²) in [5.41, 5.74) is 0. The molecule has 1 aliphatic rings. The van der Waals surface area contributed by atoms with E-state index in [0.717, 1.165) is 19.4 Å². The minimum atomic E-state index is -0.940. The summed E-state index contributed by atoms with van der Waals surface area (Å²) in [7, 11) is 0. The van der Waals surface area contributed by atoms with Gasteiger partial charge in [-0.3, -0.25) is 0 Å². The number of tetrazole rings is 1. The molecule has 88 valence electrons. The van der Waals surface area contributed by atoms with Crippen LogP contribution in [0.3, 0.4) is 0 Å². The molecule has 0 saturated carbocycles. The number of nitrogens with zero attached hydrogens (tertiary/aromatic N) is 4. The fourth-order valence-electron chi connectivity index (χ4n) is 1.79. The Hall–Kier alpha value is -1.50. The van der Waals surface area contributed by atoms with Crippen molar-refractivity contribution < 1.29 is 14.6 Å². The van der Waals surface area contributed by atoms with Crippen molar-refractivity contribution in [3.05, 3.63) is 5.82 Å². The second-order valence-electron chi connectivity index (χ2n) is 3.91. The largest absolute Gasteiger partial charge is 0.480 e. The number of hydrogen-bond donors (Lipinski definition) is 1. The predicted octanol–water partition coefficient (Wildman–Crippen LogP) is 0.213. The van der Waals surface area contributed by atoms with Crippen LogP contribution in [0.15, 0.2) is 0 Å². The van der Waals surface area contributed by atoms with Gasteiger partial charge in [-0.25, -0.2) is 9.48 Å². The minimum absolute atomic E-state index is 0.102. The van der Waals surface area contributed by atoms with Gasteiger partial charge in [0.15, 0.2) is 5.82 Å². The Kier molecular flexibility index (Phi) is 3.14. The predicted molar refractivity (Wildman–Crippen MR) is 53.0 cm³/mol. The second-order valence-corrected chi connectivity index (χ2v) is 3.91. The molecule has 2 heterocycles. The van der Waals surface area contributed by atoms with Crippen molar-refractivity contribution in [3.8, 4) is 0 Å². The van der Waals surface area contributed by atoms with E-state index in [0.29, 0.717) is 12.4 Å². The summed E-state index contributed by atoms with van der Waals surface area (Å²) in [5, 5.41) is 20.1. The van der Waals surface area contributed by atoms with E-state index in [1.54, 1.807) is 6.92 Å². The first kappa shape index (κ1) is 11.0. The maximum atomic E-state index is 10.9. The Morgan fingerprint density at radius 3 is 3.12 bits per heavy atom. The van der Waals surface area contributed by atoms with Crippen molar-refractivity contribution in [2.24, 2.45) is 0 Å². The lowest BCUT2D eigenvalue weighted by Gasteiger charge is -2.21. The minimum Gasteiger partial charge on any atom is -0.480 e. The van der Waals surface area contributed by atoms with Gasteiger partial charge in [0, 0.05) is 12.5 Å². The SMILES string of the molecule is CC(C(=O)O)n1nnnc1C1CCCOC1. The molecule has 7 heteroatoms. The molecule has 1 aromatic heterocycles. The smallest absolute Gasteiger partial charge is 0.328 e. The molecule has 16 heavy (non-hydrogen) atoms. The fourth-order valence-corrected chi connectivity index (χ4v) is 1.79. The summed E-state index contributed by atoms with van der Waals surface area (Å²) >= 11 is 0. The summed E-state index contributed by atoms with van der Waals surface area (Å²) in [4.78, 5) is 10.9. The molecular weight excluding hydrogens is 212 g/mol. The molecule has 0 aromatic carbocycles. The molecule has 1 saturated heterocycles. The molecule has 0 amide bonds. The number of rotatable bonds is 3. The maximum absolute atomic E-state index is 10.9. The van der Waals surface area contributed by atoms with Crippen LogP contribution in [-0.2, 0) is 9.53 Å². The lowest BCUT2D eigenvalue weighted by molar-refractivity contribution is -0.140. The van der Waals surface area contributed by atoms with Crippen LogP contribution < -0.4 is 0 Å². The van der Waals surface area contributed by atoms with Crippen molar-refractivity contribution in [1.29, 1.82) is 0 Å². The normalized spacial score (nSPS) is 22.9. The van der Waals surface area contributed by atoms with Crippen LogP contribution in [-0.4, -0.2) is 44.5 Å². The average molecular weight is 226 g/mol. The quantitative estimate of drug-likeness (QED) is 0.792. The van der Waals surface area contributed by atoms with E-state index >= 15 is 0 Å². The third kappa shape index (κ3) is 2.04. The number of carboxylic acids is 1. The Labute approximate surface area is 92.4 Å². The highest BCUT2D eigenvalue weighted by Crippen LogP contribution is 2.24. The van der Waals surface area contributed by atoms with Crippen molar-refractivity contribution in [3.63, 3.8) is 0 Å². The average Bonchev–Trinajstić information content (AvgIpc) is 2.77. The molecule has 7 nitrogen and oxygen atoms in total. The standard InChI is InChI=1S/C9H14N4O3/c1-6(9(14)15)13-8(10-11-12-13)7-3-2-4-16-5-7/h6-7H,2-5H2,1H3,(H,14,15). The zero-order chi connectivity index (χ0) is 11.5. The van der Waals surface area contributed by atoms with Crippen LogP contribution in [0.2, 0.25) is 0 Å². The van der Waals surface area contributed by atoms with Crippen LogP contribution >= 0.6 is 0 Å². The summed E-state index contributed by atoms with van der Waals surface area (Å²) in [5.74, 6) is -0.231. The lowest BCUT2D eigenvalue weighted by Crippen LogP contribution is -2.24. The van der Waals surface area contributed by atoms with E-state index in [9.17, 15) is 4.79 Å². The lowest BCUT2D eigenvalue weighted by atomic mass is 10.0. The van der Waals surface area contributed by atoms with E-state index in [1.807, 2.05) is 0 Å². The molecule has 2 rings (SSSR count). The highest BCUT2D eigenvalue weighted by atomic mass is 16.5. The Morgan fingerprint density at radius 1 is 1.69 bits per heavy atom. The summed E-state index contributed by atoms with van der Waals surface area (Å²) in [6.07, 6.45) is 1.89. The fraction of sp³-hybridized carbons (Fsp3) is 0.778. The van der Waals surface area contributed by atoms with Gasteiger partial charge in [-0.1, -0.05) is 0 Å². The van der Waals surface area contributed by atoms with E-state index in [4.69, 9.17) is 9.84 Å². The van der Waals surface area contributed by atoms with Crippen molar-refractivity contribution in [2.45, 2.75) is 31.7 Å². The summed E-state index contributed by atoms with van der Waals surface area (Å²) in [6, 6.07) is -0.744.